The van der Waals surface area contributed by atoms with Crippen LogP contribution in [-0.2, 0) is 20.9 Å². The molecule has 0 aromatic heterocycles. The Balaban J connectivity index is 1.36. The van der Waals surface area contributed by atoms with Crippen molar-refractivity contribution < 1.29 is 19.1 Å². The molecule has 2 aliphatic heterocycles. The van der Waals surface area contributed by atoms with Gasteiger partial charge < -0.3 is 19.9 Å². The molecule has 1 aliphatic carbocycles. The van der Waals surface area contributed by atoms with Crippen LogP contribution in [0.2, 0.25) is 5.02 Å². The number of hydrogen-bond acceptors (Lipinski definition) is 5. The SMILES string of the molecule is Cc1c(CN2CCN(C(=O)C3CCCC3)C(C)C2)cc(Cl)cc1NC(=O)CC1CCCCN1C(=O)OC(C)(C)C. The summed E-state index contributed by atoms with van der Waals surface area (Å²) in [4.78, 5) is 45.1. The van der Waals surface area contributed by atoms with E-state index in [9.17, 15) is 14.4 Å². The zero-order chi connectivity index (χ0) is 29.0. The highest BCUT2D eigenvalue weighted by Gasteiger charge is 2.34. The number of piperidine rings is 1. The summed E-state index contributed by atoms with van der Waals surface area (Å²) in [7, 11) is 0. The predicted octanol–water partition coefficient (Wildman–Crippen LogP) is 5.99. The molecule has 3 amide bonds. The molecule has 2 unspecified atom stereocenters. The van der Waals surface area contributed by atoms with Gasteiger partial charge in [0.1, 0.15) is 5.60 Å². The van der Waals surface area contributed by atoms with Crippen LogP contribution < -0.4 is 5.32 Å². The fourth-order valence-electron chi connectivity index (χ4n) is 6.37. The molecule has 0 spiro atoms. The number of nitrogens with zero attached hydrogens (tertiary/aromatic N) is 3. The monoisotopic (exact) mass is 574 g/mol. The van der Waals surface area contributed by atoms with E-state index in [0.29, 0.717) is 29.7 Å². The zero-order valence-corrected chi connectivity index (χ0v) is 25.7. The highest BCUT2D eigenvalue weighted by molar-refractivity contribution is 6.31. The molecular weight excluding hydrogens is 528 g/mol. The molecule has 222 valence electrons. The Morgan fingerprint density at radius 3 is 2.38 bits per heavy atom. The number of amides is 3. The summed E-state index contributed by atoms with van der Waals surface area (Å²) in [6.07, 6.45) is 6.93. The third-order valence-electron chi connectivity index (χ3n) is 8.52. The summed E-state index contributed by atoms with van der Waals surface area (Å²) in [5.74, 6) is 0.404. The highest BCUT2D eigenvalue weighted by atomic mass is 35.5. The maximum Gasteiger partial charge on any atom is 0.410 e. The lowest BCUT2D eigenvalue weighted by Crippen LogP contribution is -2.54. The van der Waals surface area contributed by atoms with Crippen molar-refractivity contribution in [3.05, 3.63) is 28.3 Å². The van der Waals surface area contributed by atoms with Crippen molar-refractivity contribution in [1.29, 1.82) is 0 Å². The van der Waals surface area contributed by atoms with Crippen LogP contribution >= 0.6 is 11.6 Å². The lowest BCUT2D eigenvalue weighted by molar-refractivity contribution is -0.140. The van der Waals surface area contributed by atoms with Crippen molar-refractivity contribution >= 4 is 35.2 Å². The number of carbonyl (C=O) groups is 3. The van der Waals surface area contributed by atoms with Gasteiger partial charge in [-0.25, -0.2) is 4.79 Å². The second-order valence-corrected chi connectivity index (χ2v) is 13.3. The first-order valence-electron chi connectivity index (χ1n) is 15.0. The van der Waals surface area contributed by atoms with Gasteiger partial charge >= 0.3 is 6.09 Å². The molecule has 9 heteroatoms. The number of anilines is 1. The van der Waals surface area contributed by atoms with Crippen LogP contribution in [0.4, 0.5) is 10.5 Å². The number of nitrogens with one attached hydrogen (secondary N) is 1. The minimum absolute atomic E-state index is 0.135. The largest absolute Gasteiger partial charge is 0.444 e. The lowest BCUT2D eigenvalue weighted by Gasteiger charge is -2.41. The number of piperazine rings is 1. The van der Waals surface area contributed by atoms with Crippen LogP contribution in [0.25, 0.3) is 0 Å². The Kier molecular flexibility index (Phi) is 10.0. The molecule has 2 heterocycles. The Morgan fingerprint density at radius 2 is 1.70 bits per heavy atom. The van der Waals surface area contributed by atoms with E-state index >= 15 is 0 Å². The van der Waals surface area contributed by atoms with Crippen LogP contribution in [0, 0.1) is 12.8 Å². The summed E-state index contributed by atoms with van der Waals surface area (Å²) in [6.45, 7) is 13.4. The van der Waals surface area contributed by atoms with Gasteiger partial charge in [-0.3, -0.25) is 14.5 Å². The van der Waals surface area contributed by atoms with Crippen LogP contribution in [0.5, 0.6) is 0 Å². The first kappa shape index (κ1) is 30.6. The zero-order valence-electron chi connectivity index (χ0n) is 24.9. The molecule has 1 aromatic carbocycles. The quantitative estimate of drug-likeness (QED) is 0.451. The molecule has 2 atom stereocenters. The van der Waals surface area contributed by atoms with Gasteiger partial charge in [0, 0.05) is 67.9 Å². The third kappa shape index (κ3) is 7.90. The van der Waals surface area contributed by atoms with Gasteiger partial charge in [-0.15, -0.1) is 0 Å². The number of halogens is 1. The van der Waals surface area contributed by atoms with Crippen molar-refractivity contribution in [3.8, 4) is 0 Å². The Bertz CT molecular complexity index is 1080. The standard InChI is InChI=1S/C31H47ClN4O4/c1-21-19-34(14-15-35(21)29(38)23-10-6-7-11-23)20-24-16-25(32)17-27(22(24)2)33-28(37)18-26-12-8-9-13-36(26)30(39)40-31(3,4)5/h16-17,21,23,26H,6-15,18-20H2,1-5H3,(H,33,37). The Hall–Kier alpha value is -2.32. The molecule has 3 fully saturated rings. The Labute approximate surface area is 244 Å². The van der Waals surface area contributed by atoms with Gasteiger partial charge in [0.05, 0.1) is 0 Å². The molecule has 2 saturated heterocycles. The summed E-state index contributed by atoms with van der Waals surface area (Å²) in [5.41, 5.74) is 2.18. The fraction of sp³-hybridized carbons (Fsp3) is 0.710. The average Bonchev–Trinajstić information content (AvgIpc) is 3.41. The summed E-state index contributed by atoms with van der Waals surface area (Å²) in [6, 6.07) is 3.75. The van der Waals surface area contributed by atoms with Crippen molar-refractivity contribution in [3.63, 3.8) is 0 Å². The van der Waals surface area contributed by atoms with Gasteiger partial charge in [-0.1, -0.05) is 24.4 Å². The number of carbonyl (C=O) groups excluding carboxylic acids is 3. The van der Waals surface area contributed by atoms with Crippen LogP contribution in [0.15, 0.2) is 12.1 Å². The van der Waals surface area contributed by atoms with Gasteiger partial charge in [0.25, 0.3) is 0 Å². The topological polar surface area (TPSA) is 82.2 Å². The lowest BCUT2D eigenvalue weighted by atomic mass is 9.99. The van der Waals surface area contributed by atoms with E-state index < -0.39 is 5.60 Å². The summed E-state index contributed by atoms with van der Waals surface area (Å²) >= 11 is 6.52. The molecule has 1 aromatic rings. The molecule has 0 radical (unpaired) electrons. The predicted molar refractivity (Wildman–Crippen MR) is 158 cm³/mol. The maximum absolute atomic E-state index is 13.2. The normalized spacial score (nSPS) is 22.9. The molecule has 1 saturated carbocycles. The second-order valence-electron chi connectivity index (χ2n) is 12.9. The number of benzene rings is 1. The van der Waals surface area contributed by atoms with Crippen molar-refractivity contribution in [2.24, 2.45) is 5.92 Å². The van der Waals surface area contributed by atoms with Crippen LogP contribution in [-0.4, -0.2) is 76.5 Å². The number of ether oxygens (including phenoxy) is 1. The fourth-order valence-corrected chi connectivity index (χ4v) is 6.61. The molecule has 1 N–H and O–H groups in total. The van der Waals surface area contributed by atoms with E-state index in [4.69, 9.17) is 16.3 Å². The van der Waals surface area contributed by atoms with Crippen molar-refractivity contribution in [2.75, 3.05) is 31.5 Å². The van der Waals surface area contributed by atoms with E-state index in [1.165, 1.54) is 12.8 Å². The van der Waals surface area contributed by atoms with Gasteiger partial charge in [-0.2, -0.15) is 0 Å². The molecule has 4 rings (SSSR count). The summed E-state index contributed by atoms with van der Waals surface area (Å²) in [5, 5.41) is 3.65. The third-order valence-corrected chi connectivity index (χ3v) is 8.74. The van der Waals surface area contributed by atoms with E-state index in [-0.39, 0.29) is 36.4 Å². The van der Waals surface area contributed by atoms with Gasteiger partial charge in [0.2, 0.25) is 11.8 Å². The van der Waals surface area contributed by atoms with E-state index in [2.05, 4.69) is 22.0 Å². The number of likely N-dealkylation sites (tertiary alicyclic amines) is 1. The molecule has 40 heavy (non-hydrogen) atoms. The smallest absolute Gasteiger partial charge is 0.410 e. The first-order valence-corrected chi connectivity index (χ1v) is 15.4. The molecular formula is C31H47ClN4O4. The van der Waals surface area contributed by atoms with Crippen molar-refractivity contribution in [2.45, 2.75) is 110 Å². The van der Waals surface area contributed by atoms with Crippen LogP contribution in [0.1, 0.15) is 90.2 Å². The van der Waals surface area contributed by atoms with Crippen LogP contribution in [0.3, 0.4) is 0 Å². The van der Waals surface area contributed by atoms with E-state index in [1.54, 1.807) is 11.0 Å². The maximum atomic E-state index is 13.2. The molecule has 0 bridgehead atoms. The summed E-state index contributed by atoms with van der Waals surface area (Å²) < 4.78 is 5.59. The first-order chi connectivity index (χ1) is 18.9. The van der Waals surface area contributed by atoms with Crippen molar-refractivity contribution in [1.82, 2.24) is 14.7 Å². The highest BCUT2D eigenvalue weighted by Crippen LogP contribution is 2.30. The van der Waals surface area contributed by atoms with E-state index in [0.717, 1.165) is 62.9 Å². The number of hydrogen-bond donors (Lipinski definition) is 1. The minimum atomic E-state index is -0.578. The van der Waals surface area contributed by atoms with Gasteiger partial charge in [0.15, 0.2) is 0 Å². The van der Waals surface area contributed by atoms with Gasteiger partial charge in [-0.05, 0) is 90.0 Å². The minimum Gasteiger partial charge on any atom is -0.444 e. The van der Waals surface area contributed by atoms with E-state index in [1.807, 2.05) is 33.8 Å². The molecule has 8 nitrogen and oxygen atoms in total. The second kappa shape index (κ2) is 13.1. The average molecular weight is 575 g/mol. The molecule has 3 aliphatic rings. The Morgan fingerprint density at radius 1 is 1.00 bits per heavy atom. The number of rotatable bonds is 6.